The Hall–Kier alpha value is -1.44. The van der Waals surface area contributed by atoms with Crippen molar-refractivity contribution >= 4 is 16.4 Å². The lowest BCUT2D eigenvalue weighted by atomic mass is 10.1. The van der Waals surface area contributed by atoms with Gasteiger partial charge in [-0.3, -0.25) is 0 Å². The molecule has 20 heavy (non-hydrogen) atoms. The van der Waals surface area contributed by atoms with Gasteiger partial charge in [0.25, 0.3) is 0 Å². The highest BCUT2D eigenvalue weighted by molar-refractivity contribution is 7.82. The lowest BCUT2D eigenvalue weighted by Crippen LogP contribution is -2.14. The first kappa shape index (κ1) is 13.5. The number of hydrogen-bond donors (Lipinski definition) is 0. The van der Waals surface area contributed by atoms with E-state index < -0.39 is 22.6 Å². The minimum Gasteiger partial charge on any atom is -0.462 e. The Bertz CT molecular complexity index is 577. The summed E-state index contributed by atoms with van der Waals surface area (Å²) in [6.07, 6.45) is 0.152. The van der Waals surface area contributed by atoms with Crippen LogP contribution in [0.2, 0.25) is 0 Å². The van der Waals surface area contributed by atoms with E-state index in [1.54, 1.807) is 24.3 Å². The molecular formula is C13H14O6S. The van der Waals surface area contributed by atoms with Crippen LogP contribution in [0.4, 0.5) is 0 Å². The van der Waals surface area contributed by atoms with Crippen LogP contribution in [0.3, 0.4) is 0 Å². The summed E-state index contributed by atoms with van der Waals surface area (Å²) in [7, 11) is -3.81. The van der Waals surface area contributed by atoms with Gasteiger partial charge in [-0.1, -0.05) is 18.2 Å². The van der Waals surface area contributed by atoms with Gasteiger partial charge in [0.1, 0.15) is 12.2 Å². The van der Waals surface area contributed by atoms with Gasteiger partial charge < -0.3 is 4.74 Å². The van der Waals surface area contributed by atoms with E-state index in [1.807, 2.05) is 6.07 Å². The van der Waals surface area contributed by atoms with E-state index in [0.29, 0.717) is 18.4 Å². The van der Waals surface area contributed by atoms with Crippen molar-refractivity contribution in [2.45, 2.75) is 25.0 Å². The number of carbonyl (C=O) groups is 1. The second-order valence-corrected chi connectivity index (χ2v) is 6.18. The molecule has 0 aromatic heterocycles. The molecular weight excluding hydrogens is 284 g/mol. The van der Waals surface area contributed by atoms with Crippen molar-refractivity contribution < 1.29 is 26.3 Å². The second-order valence-electron chi connectivity index (χ2n) is 4.98. The van der Waals surface area contributed by atoms with E-state index in [4.69, 9.17) is 13.1 Å². The van der Waals surface area contributed by atoms with Gasteiger partial charge in [-0.05, 0) is 30.9 Å². The van der Waals surface area contributed by atoms with Gasteiger partial charge in [0, 0.05) is 0 Å². The summed E-state index contributed by atoms with van der Waals surface area (Å²) >= 11 is 0. The summed E-state index contributed by atoms with van der Waals surface area (Å²) in [5, 5.41) is 0. The normalized spacial score (nSPS) is 30.9. The van der Waals surface area contributed by atoms with Crippen LogP contribution in [0.25, 0.3) is 0 Å². The SMILES string of the molecule is O=C(OCC1C[C@@H]2OS(=O)(=O)O[C@@H]2C1)c1ccccc1. The molecule has 3 atom stereocenters. The van der Waals surface area contributed by atoms with Crippen molar-refractivity contribution in [3.05, 3.63) is 35.9 Å². The third-order valence-electron chi connectivity index (χ3n) is 3.49. The van der Waals surface area contributed by atoms with Crippen molar-refractivity contribution in [1.29, 1.82) is 0 Å². The molecule has 7 heteroatoms. The van der Waals surface area contributed by atoms with E-state index in [-0.39, 0.29) is 18.5 Å². The molecule has 1 aromatic carbocycles. The first-order valence-corrected chi connectivity index (χ1v) is 7.70. The average molecular weight is 298 g/mol. The molecule has 0 bridgehead atoms. The Labute approximate surface area is 117 Å². The van der Waals surface area contributed by atoms with Crippen LogP contribution >= 0.6 is 0 Å². The largest absolute Gasteiger partial charge is 0.462 e. The number of hydrogen-bond acceptors (Lipinski definition) is 6. The highest BCUT2D eigenvalue weighted by Crippen LogP contribution is 2.37. The Kier molecular flexibility index (Phi) is 3.49. The summed E-state index contributed by atoms with van der Waals surface area (Å²) < 4.78 is 37.0. The molecule has 2 aliphatic rings. The summed E-state index contributed by atoms with van der Waals surface area (Å²) in [5.41, 5.74) is 0.501. The number of rotatable bonds is 3. The van der Waals surface area contributed by atoms with Crippen LogP contribution in [0, 0.1) is 5.92 Å². The Morgan fingerprint density at radius 1 is 1.15 bits per heavy atom. The molecule has 1 heterocycles. The average Bonchev–Trinajstić information content (AvgIpc) is 2.90. The molecule has 1 saturated heterocycles. The zero-order valence-electron chi connectivity index (χ0n) is 10.6. The Morgan fingerprint density at radius 2 is 1.75 bits per heavy atom. The molecule has 1 unspecified atom stereocenters. The number of ether oxygens (including phenoxy) is 1. The molecule has 2 fully saturated rings. The standard InChI is InChI=1S/C13H14O6S/c14-13(10-4-2-1-3-5-10)17-8-9-6-11-12(7-9)19-20(15,16)18-11/h1-5,9,11-12H,6-8H2/t9?,11-,12+. The zero-order chi connectivity index (χ0) is 14.2. The summed E-state index contributed by atoms with van der Waals surface area (Å²) in [6, 6.07) is 8.73. The maximum absolute atomic E-state index is 11.8. The van der Waals surface area contributed by atoms with Gasteiger partial charge in [0.2, 0.25) is 0 Å². The molecule has 3 rings (SSSR count). The molecule has 1 aromatic rings. The van der Waals surface area contributed by atoms with Crippen molar-refractivity contribution in [3.8, 4) is 0 Å². The van der Waals surface area contributed by atoms with Gasteiger partial charge in [-0.15, -0.1) is 0 Å². The van der Waals surface area contributed by atoms with Crippen molar-refractivity contribution in [1.82, 2.24) is 0 Å². The molecule has 6 nitrogen and oxygen atoms in total. The monoisotopic (exact) mass is 298 g/mol. The number of fused-ring (bicyclic) bond motifs is 1. The molecule has 1 saturated carbocycles. The fourth-order valence-electron chi connectivity index (χ4n) is 2.57. The first-order valence-electron chi connectivity index (χ1n) is 6.37. The number of carbonyl (C=O) groups excluding carboxylic acids is 1. The fraction of sp³-hybridized carbons (Fsp3) is 0.462. The lowest BCUT2D eigenvalue weighted by Gasteiger charge is -2.11. The second kappa shape index (κ2) is 5.16. The van der Waals surface area contributed by atoms with Gasteiger partial charge in [-0.25, -0.2) is 13.2 Å². The van der Waals surface area contributed by atoms with Crippen LogP contribution in [0.5, 0.6) is 0 Å². The third-order valence-corrected chi connectivity index (χ3v) is 4.45. The van der Waals surface area contributed by atoms with E-state index in [2.05, 4.69) is 0 Å². The van der Waals surface area contributed by atoms with Crippen LogP contribution in [-0.4, -0.2) is 33.2 Å². The van der Waals surface area contributed by atoms with E-state index in [9.17, 15) is 13.2 Å². The number of benzene rings is 1. The Morgan fingerprint density at radius 3 is 2.35 bits per heavy atom. The quantitative estimate of drug-likeness (QED) is 0.782. The predicted octanol–water partition coefficient (Wildman–Crippen LogP) is 1.28. The van der Waals surface area contributed by atoms with Gasteiger partial charge in [-0.2, -0.15) is 8.42 Å². The lowest BCUT2D eigenvalue weighted by molar-refractivity contribution is 0.0428. The molecule has 108 valence electrons. The third kappa shape index (κ3) is 2.84. The van der Waals surface area contributed by atoms with Crippen molar-refractivity contribution in [3.63, 3.8) is 0 Å². The molecule has 0 N–H and O–H groups in total. The predicted molar refractivity (Wildman–Crippen MR) is 68.1 cm³/mol. The highest BCUT2D eigenvalue weighted by atomic mass is 32.3. The van der Waals surface area contributed by atoms with Crippen molar-refractivity contribution in [2.75, 3.05) is 6.61 Å². The van der Waals surface area contributed by atoms with Crippen LogP contribution in [0.1, 0.15) is 23.2 Å². The highest BCUT2D eigenvalue weighted by Gasteiger charge is 2.47. The molecule has 0 amide bonds. The minimum absolute atomic E-state index is 0.0631. The minimum atomic E-state index is -3.81. The van der Waals surface area contributed by atoms with E-state index >= 15 is 0 Å². The maximum Gasteiger partial charge on any atom is 0.400 e. The zero-order valence-corrected chi connectivity index (χ0v) is 11.4. The summed E-state index contributed by atoms with van der Waals surface area (Å²) in [5.74, 6) is -0.315. The smallest absolute Gasteiger partial charge is 0.400 e. The van der Waals surface area contributed by atoms with Crippen molar-refractivity contribution in [2.24, 2.45) is 5.92 Å². The van der Waals surface area contributed by atoms with Crippen LogP contribution in [-0.2, 0) is 23.5 Å². The topological polar surface area (TPSA) is 78.9 Å². The molecule has 1 aliphatic heterocycles. The first-order chi connectivity index (χ1) is 9.53. The van der Waals surface area contributed by atoms with Gasteiger partial charge in [0.05, 0.1) is 12.2 Å². The summed E-state index contributed by atoms with van der Waals surface area (Å²) in [6.45, 7) is 0.244. The Balaban J connectivity index is 1.51. The molecule has 1 aliphatic carbocycles. The van der Waals surface area contributed by atoms with Crippen LogP contribution < -0.4 is 0 Å². The van der Waals surface area contributed by atoms with E-state index in [0.717, 1.165) is 0 Å². The maximum atomic E-state index is 11.8. The van der Waals surface area contributed by atoms with Crippen LogP contribution in [0.15, 0.2) is 30.3 Å². The number of esters is 1. The molecule has 0 radical (unpaired) electrons. The van der Waals surface area contributed by atoms with E-state index in [1.165, 1.54) is 0 Å². The summed E-state index contributed by atoms with van der Waals surface area (Å²) in [4.78, 5) is 11.8. The molecule has 0 spiro atoms. The van der Waals surface area contributed by atoms with Gasteiger partial charge >= 0.3 is 16.4 Å². The fourth-order valence-corrected chi connectivity index (χ4v) is 3.63. The van der Waals surface area contributed by atoms with Gasteiger partial charge in [0.15, 0.2) is 0 Å².